The van der Waals surface area contributed by atoms with Gasteiger partial charge in [0.1, 0.15) is 17.5 Å². The fourth-order valence-corrected chi connectivity index (χ4v) is 2.00. The molecule has 0 amide bonds. The van der Waals surface area contributed by atoms with Gasteiger partial charge in [0.05, 0.1) is 5.52 Å². The van der Waals surface area contributed by atoms with Crippen molar-refractivity contribution in [1.82, 2.24) is 9.97 Å². The Morgan fingerprint density at radius 1 is 0.952 bits per heavy atom. The van der Waals surface area contributed by atoms with E-state index in [0.717, 1.165) is 6.07 Å². The van der Waals surface area contributed by atoms with E-state index in [1.165, 1.54) is 12.1 Å². The van der Waals surface area contributed by atoms with Crippen LogP contribution >= 0.6 is 0 Å². The Balaban J connectivity index is 2.10. The first-order valence-electron chi connectivity index (χ1n) is 6.12. The second kappa shape index (κ2) is 5.29. The molecule has 0 radical (unpaired) electrons. The van der Waals surface area contributed by atoms with Crippen molar-refractivity contribution in [2.45, 2.75) is 0 Å². The zero-order valence-electron chi connectivity index (χ0n) is 10.8. The first-order valence-corrected chi connectivity index (χ1v) is 6.12. The molecule has 0 aliphatic heterocycles. The van der Waals surface area contributed by atoms with E-state index in [0.29, 0.717) is 16.7 Å². The quantitative estimate of drug-likeness (QED) is 0.510. The minimum Gasteiger partial charge on any atom is -0.339 e. The van der Waals surface area contributed by atoms with Gasteiger partial charge in [0, 0.05) is 17.1 Å². The van der Waals surface area contributed by atoms with Gasteiger partial charge in [-0.2, -0.15) is 4.98 Å². The van der Waals surface area contributed by atoms with Gasteiger partial charge in [0.2, 0.25) is 5.95 Å². The van der Waals surface area contributed by atoms with Gasteiger partial charge < -0.3 is 5.32 Å². The smallest absolute Gasteiger partial charge is 0.239 e. The number of aromatic nitrogens is 2. The van der Waals surface area contributed by atoms with Gasteiger partial charge in [0.15, 0.2) is 0 Å². The van der Waals surface area contributed by atoms with Crippen LogP contribution in [0.5, 0.6) is 0 Å². The first kappa shape index (κ1) is 13.2. The lowest BCUT2D eigenvalue weighted by Crippen LogP contribution is -2.11. The number of halogens is 2. The van der Waals surface area contributed by atoms with Crippen LogP contribution in [-0.4, -0.2) is 9.97 Å². The summed E-state index contributed by atoms with van der Waals surface area (Å²) >= 11 is 0. The number of anilines is 3. The molecule has 1 heterocycles. The van der Waals surface area contributed by atoms with Gasteiger partial charge in [-0.15, -0.1) is 0 Å². The molecule has 0 spiro atoms. The number of para-hydroxylation sites is 1. The van der Waals surface area contributed by atoms with E-state index in [-0.39, 0.29) is 11.6 Å². The molecule has 0 bridgehead atoms. The molecule has 0 aliphatic carbocycles. The average Bonchev–Trinajstić information content (AvgIpc) is 2.46. The molecular formula is C14H11F2N5. The number of hydrazine groups is 1. The predicted molar refractivity (Wildman–Crippen MR) is 77.0 cm³/mol. The van der Waals surface area contributed by atoms with Crippen molar-refractivity contribution < 1.29 is 8.78 Å². The van der Waals surface area contributed by atoms with E-state index in [2.05, 4.69) is 20.7 Å². The number of hydrogen-bond donors (Lipinski definition) is 3. The summed E-state index contributed by atoms with van der Waals surface area (Å²) in [6.45, 7) is 0. The minimum absolute atomic E-state index is 0.202. The molecule has 21 heavy (non-hydrogen) atoms. The van der Waals surface area contributed by atoms with E-state index in [4.69, 9.17) is 5.84 Å². The Hall–Kier alpha value is -2.80. The summed E-state index contributed by atoms with van der Waals surface area (Å²) in [5.74, 6) is 4.59. The van der Waals surface area contributed by atoms with Crippen LogP contribution in [0.15, 0.2) is 42.5 Å². The van der Waals surface area contributed by atoms with Crippen LogP contribution in [0.25, 0.3) is 10.9 Å². The van der Waals surface area contributed by atoms with E-state index >= 15 is 0 Å². The van der Waals surface area contributed by atoms with Crippen LogP contribution in [0.3, 0.4) is 0 Å². The fourth-order valence-electron chi connectivity index (χ4n) is 2.00. The molecule has 0 atom stereocenters. The normalized spacial score (nSPS) is 10.6. The highest BCUT2D eigenvalue weighted by molar-refractivity contribution is 5.91. The molecule has 7 heteroatoms. The molecule has 0 fully saturated rings. The molecule has 2 aromatic carbocycles. The SMILES string of the molecule is NNc1nc(Nc2cc(F)cc(F)c2)c2ccccc2n1. The standard InChI is InChI=1S/C14H11F2N5/c15-8-5-9(16)7-10(6-8)18-13-11-3-1-2-4-12(11)19-14(20-13)21-17/h1-7H,17H2,(H2,18,19,20,21). The second-order valence-electron chi connectivity index (χ2n) is 4.34. The maximum absolute atomic E-state index is 13.2. The molecule has 0 aliphatic rings. The number of nitrogens with zero attached hydrogens (tertiary/aromatic N) is 2. The maximum atomic E-state index is 13.2. The van der Waals surface area contributed by atoms with Gasteiger partial charge in [-0.3, -0.25) is 5.43 Å². The number of nitrogen functional groups attached to an aromatic ring is 1. The maximum Gasteiger partial charge on any atom is 0.239 e. The number of rotatable bonds is 3. The molecule has 0 saturated carbocycles. The summed E-state index contributed by atoms with van der Waals surface area (Å²) in [6.07, 6.45) is 0. The van der Waals surface area contributed by atoms with Crippen molar-refractivity contribution in [2.75, 3.05) is 10.7 Å². The summed E-state index contributed by atoms with van der Waals surface area (Å²) in [5, 5.41) is 3.59. The van der Waals surface area contributed by atoms with Crippen molar-refractivity contribution in [1.29, 1.82) is 0 Å². The van der Waals surface area contributed by atoms with E-state index in [9.17, 15) is 8.78 Å². The topological polar surface area (TPSA) is 75.9 Å². The van der Waals surface area contributed by atoms with Crippen LogP contribution in [-0.2, 0) is 0 Å². The van der Waals surface area contributed by atoms with E-state index in [1.54, 1.807) is 12.1 Å². The molecule has 3 aromatic rings. The molecule has 4 N–H and O–H groups in total. The highest BCUT2D eigenvalue weighted by Gasteiger charge is 2.08. The summed E-state index contributed by atoms with van der Waals surface area (Å²) < 4.78 is 26.5. The van der Waals surface area contributed by atoms with Crippen LogP contribution in [0.1, 0.15) is 0 Å². The van der Waals surface area contributed by atoms with Crippen molar-refractivity contribution in [3.05, 3.63) is 54.1 Å². The number of hydrogen-bond acceptors (Lipinski definition) is 5. The van der Waals surface area contributed by atoms with E-state index in [1.807, 2.05) is 12.1 Å². The Morgan fingerprint density at radius 3 is 2.38 bits per heavy atom. The van der Waals surface area contributed by atoms with Crippen LogP contribution in [0.2, 0.25) is 0 Å². The summed E-state index contributed by atoms with van der Waals surface area (Å²) in [5.41, 5.74) is 3.26. The van der Waals surface area contributed by atoms with Gasteiger partial charge >= 0.3 is 0 Å². The third-order valence-corrected chi connectivity index (χ3v) is 2.86. The molecule has 3 rings (SSSR count). The molecule has 1 aromatic heterocycles. The van der Waals surface area contributed by atoms with Crippen molar-refractivity contribution in [3.63, 3.8) is 0 Å². The zero-order chi connectivity index (χ0) is 14.8. The van der Waals surface area contributed by atoms with Crippen LogP contribution in [0, 0.1) is 11.6 Å². The number of nitrogens with two attached hydrogens (primary N) is 1. The molecule has 0 saturated heterocycles. The van der Waals surface area contributed by atoms with Crippen LogP contribution in [0.4, 0.5) is 26.2 Å². The van der Waals surface area contributed by atoms with Crippen molar-refractivity contribution >= 4 is 28.4 Å². The zero-order valence-corrected chi connectivity index (χ0v) is 10.8. The average molecular weight is 287 g/mol. The highest BCUT2D eigenvalue weighted by atomic mass is 19.1. The molecule has 106 valence electrons. The Kier molecular flexibility index (Phi) is 3.33. The number of benzene rings is 2. The van der Waals surface area contributed by atoms with Crippen molar-refractivity contribution in [2.24, 2.45) is 5.84 Å². The van der Waals surface area contributed by atoms with Crippen LogP contribution < -0.4 is 16.6 Å². The van der Waals surface area contributed by atoms with Gasteiger partial charge in [0.25, 0.3) is 0 Å². The molecule has 0 unspecified atom stereocenters. The molecule has 5 nitrogen and oxygen atoms in total. The third kappa shape index (κ3) is 2.72. The summed E-state index contributed by atoms with van der Waals surface area (Å²) in [4.78, 5) is 8.37. The number of fused-ring (bicyclic) bond motifs is 1. The van der Waals surface area contributed by atoms with Gasteiger partial charge in [-0.05, 0) is 24.3 Å². The monoisotopic (exact) mass is 287 g/mol. The Labute approximate surface area is 118 Å². The lowest BCUT2D eigenvalue weighted by molar-refractivity contribution is 0.584. The van der Waals surface area contributed by atoms with Crippen molar-refractivity contribution in [3.8, 4) is 0 Å². The largest absolute Gasteiger partial charge is 0.339 e. The minimum atomic E-state index is -0.673. The van der Waals surface area contributed by atoms with Gasteiger partial charge in [-0.25, -0.2) is 19.6 Å². The third-order valence-electron chi connectivity index (χ3n) is 2.86. The second-order valence-corrected chi connectivity index (χ2v) is 4.34. The Bertz CT molecular complexity index is 786. The van der Waals surface area contributed by atoms with Gasteiger partial charge in [-0.1, -0.05) is 12.1 Å². The number of nitrogens with one attached hydrogen (secondary N) is 2. The lowest BCUT2D eigenvalue weighted by Gasteiger charge is -2.10. The molecular weight excluding hydrogens is 276 g/mol. The lowest BCUT2D eigenvalue weighted by atomic mass is 10.2. The first-order chi connectivity index (χ1) is 10.2. The fraction of sp³-hybridized carbons (Fsp3) is 0. The highest BCUT2D eigenvalue weighted by Crippen LogP contribution is 2.25. The summed E-state index contributed by atoms with van der Waals surface area (Å²) in [7, 11) is 0. The summed E-state index contributed by atoms with van der Waals surface area (Å²) in [6, 6.07) is 10.4. The van der Waals surface area contributed by atoms with E-state index < -0.39 is 11.6 Å². The predicted octanol–water partition coefficient (Wildman–Crippen LogP) is 2.94. The Morgan fingerprint density at radius 2 is 1.67 bits per heavy atom.